The normalized spacial score (nSPS) is 11.6. The van der Waals surface area contributed by atoms with Gasteiger partial charge in [0.05, 0.1) is 22.1 Å². The van der Waals surface area contributed by atoms with Crippen LogP contribution in [-0.2, 0) is 31.0 Å². The second-order valence-electron chi connectivity index (χ2n) is 19.8. The molecular formula is C74H89FN4OS. The largest absolute Gasteiger partial charge is 0.379 e. The topological polar surface area (TPSA) is 55.7 Å². The van der Waals surface area contributed by atoms with E-state index in [0.717, 1.165) is 41.4 Å². The Hall–Kier alpha value is -7.71. The molecule has 12 rings (SSSR count). The Morgan fingerprint density at radius 3 is 1.57 bits per heavy atom. The molecule has 1 aliphatic rings. The minimum absolute atomic E-state index is 0.171. The number of aryl methyl sites for hydroxylation is 9. The van der Waals surface area contributed by atoms with Crippen molar-refractivity contribution in [2.45, 2.75) is 120 Å². The van der Waals surface area contributed by atoms with Crippen molar-refractivity contribution >= 4 is 33.3 Å². The van der Waals surface area contributed by atoms with Gasteiger partial charge < -0.3 is 14.3 Å². The Kier molecular flexibility index (Phi) is 32.2. The lowest BCUT2D eigenvalue weighted by Crippen LogP contribution is -1.94. The fraction of sp³-hybridized carbons (Fsp3) is 0.270. The molecule has 81 heavy (non-hydrogen) atoms. The average molecular weight is 1100 g/mol. The molecular weight excluding hydrogens is 1010 g/mol. The van der Waals surface area contributed by atoms with E-state index in [0.29, 0.717) is 6.10 Å². The zero-order chi connectivity index (χ0) is 58.3. The number of unbranched alkanes of at least 4 members (excludes halogenated alkanes) is 2. The molecule has 8 aromatic carbocycles. The van der Waals surface area contributed by atoms with Gasteiger partial charge in [0.1, 0.15) is 11.6 Å². The van der Waals surface area contributed by atoms with Crippen LogP contribution >= 0.6 is 11.3 Å². The van der Waals surface area contributed by atoms with Gasteiger partial charge in [-0.05, 0) is 138 Å². The smallest absolute Gasteiger partial charge is 0.123 e. The molecule has 7 heteroatoms. The van der Waals surface area contributed by atoms with Crippen molar-refractivity contribution in [3.8, 4) is 11.1 Å². The Labute approximate surface area is 490 Å². The van der Waals surface area contributed by atoms with Crippen LogP contribution in [0.25, 0.3) is 33.1 Å². The van der Waals surface area contributed by atoms with E-state index in [1.54, 1.807) is 29.7 Å². The van der Waals surface area contributed by atoms with Crippen molar-refractivity contribution in [2.75, 3.05) is 6.61 Å². The van der Waals surface area contributed by atoms with Gasteiger partial charge in [0.2, 0.25) is 0 Å². The van der Waals surface area contributed by atoms with Crippen molar-refractivity contribution in [3.63, 3.8) is 0 Å². The summed E-state index contributed by atoms with van der Waals surface area (Å²) in [6.45, 7) is 19.8. The molecule has 1 fully saturated rings. The van der Waals surface area contributed by atoms with Crippen LogP contribution in [0.4, 0.5) is 4.39 Å². The van der Waals surface area contributed by atoms with Gasteiger partial charge in [0.25, 0.3) is 0 Å². The molecule has 1 aliphatic heterocycles. The van der Waals surface area contributed by atoms with Gasteiger partial charge in [-0.1, -0.05) is 238 Å². The lowest BCUT2D eigenvalue weighted by molar-refractivity contribution is 0.125. The van der Waals surface area contributed by atoms with Crippen molar-refractivity contribution in [1.29, 1.82) is 0 Å². The van der Waals surface area contributed by atoms with E-state index in [-0.39, 0.29) is 5.82 Å². The Balaban J connectivity index is 0.000000198. The molecule has 0 radical (unpaired) electrons. The van der Waals surface area contributed by atoms with Crippen LogP contribution in [0.15, 0.2) is 236 Å². The highest BCUT2D eigenvalue weighted by Crippen LogP contribution is 2.20. The van der Waals surface area contributed by atoms with E-state index in [1.807, 2.05) is 81.7 Å². The number of nitrogens with one attached hydrogen (secondary N) is 1. The zero-order valence-corrected chi connectivity index (χ0v) is 50.8. The van der Waals surface area contributed by atoms with E-state index in [2.05, 4.69) is 213 Å². The van der Waals surface area contributed by atoms with Gasteiger partial charge in [-0.2, -0.15) is 0 Å². The number of halogens is 1. The van der Waals surface area contributed by atoms with Crippen molar-refractivity contribution in [1.82, 2.24) is 19.5 Å². The number of ether oxygens (including phenoxy) is 1. The van der Waals surface area contributed by atoms with Gasteiger partial charge >= 0.3 is 0 Å². The summed E-state index contributed by atoms with van der Waals surface area (Å²) in [5, 5.41) is 4.46. The second kappa shape index (κ2) is 39.6. The minimum atomic E-state index is -0.171. The third kappa shape index (κ3) is 27.3. The SMILES string of the molecule is CC1CCCO1.CCCCCc1ccccc1.CCc1c[nH]c2ccccc12.CCc1ccccc1.Cc1ccc(-c2ccccc2)cc1.Cc1ccc(F)cc1.Cc1ccccc1.Cc1nc2ccccc2n1C.Cc1nccs1. The number of fused-ring (bicyclic) bond motifs is 2. The molecule has 3 aromatic heterocycles. The monoisotopic (exact) mass is 1100 g/mol. The highest BCUT2D eigenvalue weighted by molar-refractivity contribution is 7.09. The number of para-hydroxylation sites is 3. The first kappa shape index (κ1) is 65.8. The van der Waals surface area contributed by atoms with E-state index < -0.39 is 0 Å². The first-order valence-corrected chi connectivity index (χ1v) is 29.6. The molecule has 0 spiro atoms. The maximum atomic E-state index is 12.1. The molecule has 1 atom stereocenters. The number of hydrogen-bond acceptors (Lipinski definition) is 4. The number of aromatic amines is 1. The summed E-state index contributed by atoms with van der Waals surface area (Å²) in [4.78, 5) is 11.5. The van der Waals surface area contributed by atoms with E-state index in [4.69, 9.17) is 4.74 Å². The maximum absolute atomic E-state index is 12.1. The van der Waals surface area contributed by atoms with Gasteiger partial charge in [0, 0.05) is 42.3 Å². The van der Waals surface area contributed by atoms with Gasteiger partial charge in [-0.25, -0.2) is 9.37 Å². The second-order valence-corrected chi connectivity index (χ2v) is 20.9. The van der Waals surface area contributed by atoms with Gasteiger partial charge in [-0.15, -0.1) is 11.3 Å². The zero-order valence-electron chi connectivity index (χ0n) is 50.0. The molecule has 5 nitrogen and oxygen atoms in total. The van der Waals surface area contributed by atoms with Crippen LogP contribution < -0.4 is 0 Å². The quantitative estimate of drug-likeness (QED) is 0.162. The van der Waals surface area contributed by atoms with Crippen LogP contribution in [0.3, 0.4) is 0 Å². The molecule has 0 bridgehead atoms. The fourth-order valence-electron chi connectivity index (χ4n) is 8.11. The average Bonchev–Trinajstić information content (AvgIpc) is 4.35. The number of rotatable bonds is 7. The summed E-state index contributed by atoms with van der Waals surface area (Å²) < 4.78 is 19.3. The number of benzene rings is 8. The van der Waals surface area contributed by atoms with Crippen LogP contribution in [0.2, 0.25) is 0 Å². The number of H-pyrrole nitrogens is 1. The minimum Gasteiger partial charge on any atom is -0.379 e. The Morgan fingerprint density at radius 2 is 1.11 bits per heavy atom. The predicted molar refractivity (Wildman–Crippen MR) is 349 cm³/mol. The summed E-state index contributed by atoms with van der Waals surface area (Å²) in [7, 11) is 2.03. The third-order valence-corrected chi connectivity index (χ3v) is 13.8. The summed E-state index contributed by atoms with van der Waals surface area (Å²) in [5.74, 6) is 0.891. The molecule has 0 saturated carbocycles. The van der Waals surface area contributed by atoms with Gasteiger partial charge in [-0.3, -0.25) is 4.98 Å². The van der Waals surface area contributed by atoms with Crippen molar-refractivity contribution in [2.24, 2.45) is 7.05 Å². The Bertz CT molecular complexity index is 3220. The Morgan fingerprint density at radius 1 is 0.580 bits per heavy atom. The number of aromatic nitrogens is 4. The fourth-order valence-corrected chi connectivity index (χ4v) is 8.55. The standard InChI is InChI=1S/C13H12.C11H16.C10H11N.C9H10N2.C8H10.C7H7F.C7H8.C5H10O.C4H5NS/c1-11-7-9-13(10-8-11)12-5-3-2-4-6-12;1-2-3-5-8-11-9-6-4-7-10-11;1-2-8-7-11-10-6-4-3-5-9(8)10;1-7-10-8-5-3-4-6-9(8)11(7)2;1-2-8-6-4-3-5-7-8;1-6-2-4-7(8)5-3-6;1-7-5-3-2-4-6-7;1-5-3-2-4-6-5;1-4-5-2-3-6-4/h2-10H,1H3;4,6-7,9-10H,2-3,5,8H2,1H3;3-7,11H,2H2,1H3;3-6H,1-2H3;3-7H,2H2,1H3;2-5H,1H3;2-6H,1H3;5H,2-4H2,1H3;2-3H,1H3. The highest BCUT2D eigenvalue weighted by atomic mass is 32.1. The first-order chi connectivity index (χ1) is 39.4. The summed E-state index contributed by atoms with van der Waals surface area (Å²) in [5.41, 5.74) is 14.1. The molecule has 0 aliphatic carbocycles. The molecule has 424 valence electrons. The summed E-state index contributed by atoms with van der Waals surface area (Å²) in [6.07, 6.45) is 14.5. The van der Waals surface area contributed by atoms with E-state index >= 15 is 0 Å². The molecule has 1 N–H and O–H groups in total. The lowest BCUT2D eigenvalue weighted by Gasteiger charge is -2.00. The summed E-state index contributed by atoms with van der Waals surface area (Å²) in [6, 6.07) is 73.4. The highest BCUT2D eigenvalue weighted by Gasteiger charge is 2.07. The molecule has 0 amide bonds. The molecule has 1 saturated heterocycles. The van der Waals surface area contributed by atoms with E-state index in [1.165, 1.54) is 106 Å². The number of nitrogens with zero attached hydrogens (tertiary/aromatic N) is 3. The van der Waals surface area contributed by atoms with E-state index in [9.17, 15) is 4.39 Å². The first-order valence-electron chi connectivity index (χ1n) is 28.7. The summed E-state index contributed by atoms with van der Waals surface area (Å²) >= 11 is 1.67. The molecule has 1 unspecified atom stereocenters. The lowest BCUT2D eigenvalue weighted by atomic mass is 10.0. The van der Waals surface area contributed by atoms with Crippen LogP contribution in [-0.4, -0.2) is 32.2 Å². The van der Waals surface area contributed by atoms with Crippen molar-refractivity contribution in [3.05, 3.63) is 286 Å². The number of imidazole rings is 1. The molecule has 4 heterocycles. The maximum Gasteiger partial charge on any atom is 0.123 e. The van der Waals surface area contributed by atoms with Crippen molar-refractivity contribution < 1.29 is 9.13 Å². The van der Waals surface area contributed by atoms with Crippen LogP contribution in [0.1, 0.15) is 104 Å². The molecule has 11 aromatic rings. The number of hydrogen-bond donors (Lipinski definition) is 1. The third-order valence-electron chi connectivity index (χ3n) is 13.1. The predicted octanol–water partition coefficient (Wildman–Crippen LogP) is 20.7. The van der Waals surface area contributed by atoms with Crippen LogP contribution in [0, 0.1) is 40.4 Å². The van der Waals surface area contributed by atoms with Gasteiger partial charge in [0.15, 0.2) is 0 Å². The number of thiazole rings is 1. The van der Waals surface area contributed by atoms with Crippen LogP contribution in [0.5, 0.6) is 0 Å².